The van der Waals surface area contributed by atoms with Gasteiger partial charge in [-0.2, -0.15) is 4.98 Å². The third-order valence-corrected chi connectivity index (χ3v) is 3.70. The zero-order valence-corrected chi connectivity index (χ0v) is 9.61. The highest BCUT2D eigenvalue weighted by molar-refractivity contribution is 7.11. The Morgan fingerprint density at radius 3 is 2.86 bits per heavy atom. The lowest BCUT2D eigenvalue weighted by Crippen LogP contribution is -2.15. The Morgan fingerprint density at radius 1 is 1.43 bits per heavy atom. The van der Waals surface area contributed by atoms with Crippen molar-refractivity contribution >= 4 is 22.9 Å². The SMILES string of the molecule is Clc1csc(OCC2CCCCC2)n1. The topological polar surface area (TPSA) is 22.1 Å². The number of halogens is 1. The average molecular weight is 232 g/mol. The molecule has 0 amide bonds. The number of thiazole rings is 1. The van der Waals surface area contributed by atoms with Crippen LogP contribution in [-0.2, 0) is 0 Å². The van der Waals surface area contributed by atoms with Gasteiger partial charge in [0.2, 0.25) is 0 Å². The minimum Gasteiger partial charge on any atom is -0.470 e. The Morgan fingerprint density at radius 2 is 2.21 bits per heavy atom. The molecule has 2 nitrogen and oxygen atoms in total. The zero-order chi connectivity index (χ0) is 9.80. The van der Waals surface area contributed by atoms with Crippen molar-refractivity contribution in [2.45, 2.75) is 32.1 Å². The van der Waals surface area contributed by atoms with Crippen LogP contribution in [0.25, 0.3) is 0 Å². The Hall–Kier alpha value is -0.280. The standard InChI is InChI=1S/C10H14ClNOS/c11-9-7-14-10(12-9)13-6-8-4-2-1-3-5-8/h7-8H,1-6H2. The molecule has 4 heteroatoms. The first-order chi connectivity index (χ1) is 6.84. The lowest BCUT2D eigenvalue weighted by atomic mass is 9.90. The van der Waals surface area contributed by atoms with Crippen molar-refractivity contribution in [3.63, 3.8) is 0 Å². The Labute approximate surface area is 93.3 Å². The second kappa shape index (κ2) is 4.99. The number of hydrogen-bond donors (Lipinski definition) is 0. The number of rotatable bonds is 3. The fourth-order valence-corrected chi connectivity index (χ4v) is 2.65. The molecular formula is C10H14ClNOS. The maximum absolute atomic E-state index is 5.70. The molecule has 1 aliphatic rings. The molecule has 1 aliphatic carbocycles. The second-order valence-electron chi connectivity index (χ2n) is 3.75. The zero-order valence-electron chi connectivity index (χ0n) is 8.04. The Balaban J connectivity index is 1.76. The maximum Gasteiger partial charge on any atom is 0.274 e. The van der Waals surface area contributed by atoms with Gasteiger partial charge in [-0.05, 0) is 18.8 Å². The van der Waals surface area contributed by atoms with Gasteiger partial charge in [0.05, 0.1) is 6.61 Å². The summed E-state index contributed by atoms with van der Waals surface area (Å²) in [5, 5.41) is 3.05. The molecule has 0 unspecified atom stereocenters. The van der Waals surface area contributed by atoms with Gasteiger partial charge >= 0.3 is 0 Å². The highest BCUT2D eigenvalue weighted by atomic mass is 35.5. The van der Waals surface area contributed by atoms with Crippen LogP contribution < -0.4 is 4.74 Å². The Kier molecular flexibility index (Phi) is 3.65. The van der Waals surface area contributed by atoms with E-state index in [-0.39, 0.29) is 0 Å². The van der Waals surface area contributed by atoms with Crippen molar-refractivity contribution in [2.75, 3.05) is 6.61 Å². The van der Waals surface area contributed by atoms with E-state index in [4.69, 9.17) is 16.3 Å². The van der Waals surface area contributed by atoms with E-state index in [2.05, 4.69) is 4.98 Å². The molecule has 0 atom stereocenters. The molecule has 0 aliphatic heterocycles. The van der Waals surface area contributed by atoms with E-state index >= 15 is 0 Å². The predicted molar refractivity (Wildman–Crippen MR) is 59.2 cm³/mol. The monoisotopic (exact) mass is 231 g/mol. The smallest absolute Gasteiger partial charge is 0.274 e. The molecular weight excluding hydrogens is 218 g/mol. The summed E-state index contributed by atoms with van der Waals surface area (Å²) in [5.41, 5.74) is 0. The summed E-state index contributed by atoms with van der Waals surface area (Å²) in [6, 6.07) is 0. The average Bonchev–Trinajstić information content (AvgIpc) is 2.63. The van der Waals surface area contributed by atoms with Gasteiger partial charge in [-0.1, -0.05) is 42.2 Å². The Bertz CT molecular complexity index is 283. The molecule has 2 rings (SSSR count). The van der Waals surface area contributed by atoms with Crippen LogP contribution in [0, 0.1) is 5.92 Å². The van der Waals surface area contributed by atoms with Gasteiger partial charge in [-0.15, -0.1) is 0 Å². The van der Waals surface area contributed by atoms with Crippen LogP contribution in [0.15, 0.2) is 5.38 Å². The molecule has 14 heavy (non-hydrogen) atoms. The summed E-state index contributed by atoms with van der Waals surface area (Å²) in [6.07, 6.45) is 6.71. The van der Waals surface area contributed by atoms with E-state index < -0.39 is 0 Å². The van der Waals surface area contributed by atoms with Gasteiger partial charge in [0.1, 0.15) is 5.15 Å². The number of hydrogen-bond acceptors (Lipinski definition) is 3. The third-order valence-electron chi connectivity index (χ3n) is 2.62. The van der Waals surface area contributed by atoms with Crippen LogP contribution in [0.5, 0.6) is 5.19 Å². The van der Waals surface area contributed by atoms with Gasteiger partial charge in [0.15, 0.2) is 0 Å². The highest BCUT2D eigenvalue weighted by Crippen LogP contribution is 2.26. The molecule has 1 saturated carbocycles. The molecule has 1 fully saturated rings. The van der Waals surface area contributed by atoms with Gasteiger partial charge in [0, 0.05) is 5.38 Å². The molecule has 1 aromatic rings. The van der Waals surface area contributed by atoms with Crippen molar-refractivity contribution in [3.8, 4) is 5.19 Å². The number of ether oxygens (including phenoxy) is 1. The van der Waals surface area contributed by atoms with E-state index in [0.717, 1.165) is 12.5 Å². The highest BCUT2D eigenvalue weighted by Gasteiger charge is 2.14. The second-order valence-corrected chi connectivity index (χ2v) is 4.96. The van der Waals surface area contributed by atoms with E-state index in [1.165, 1.54) is 43.4 Å². The van der Waals surface area contributed by atoms with E-state index in [9.17, 15) is 0 Å². The van der Waals surface area contributed by atoms with Gasteiger partial charge < -0.3 is 4.74 Å². The fourth-order valence-electron chi connectivity index (χ4n) is 1.85. The normalized spacial score (nSPS) is 18.4. The van der Waals surface area contributed by atoms with Crippen molar-refractivity contribution < 1.29 is 4.74 Å². The van der Waals surface area contributed by atoms with Crippen molar-refractivity contribution in [1.82, 2.24) is 4.98 Å². The third kappa shape index (κ3) is 2.85. The molecule has 0 saturated heterocycles. The largest absolute Gasteiger partial charge is 0.470 e. The quantitative estimate of drug-likeness (QED) is 0.791. The van der Waals surface area contributed by atoms with Crippen LogP contribution in [0.2, 0.25) is 5.15 Å². The van der Waals surface area contributed by atoms with Crippen LogP contribution >= 0.6 is 22.9 Å². The summed E-state index contributed by atoms with van der Waals surface area (Å²) < 4.78 is 5.59. The number of nitrogens with zero attached hydrogens (tertiary/aromatic N) is 1. The molecule has 1 aromatic heterocycles. The van der Waals surface area contributed by atoms with E-state index in [1.54, 1.807) is 5.38 Å². The van der Waals surface area contributed by atoms with Crippen molar-refractivity contribution in [3.05, 3.63) is 10.5 Å². The van der Waals surface area contributed by atoms with Gasteiger partial charge in [0.25, 0.3) is 5.19 Å². The maximum atomic E-state index is 5.70. The summed E-state index contributed by atoms with van der Waals surface area (Å²) in [4.78, 5) is 4.06. The number of aromatic nitrogens is 1. The summed E-state index contributed by atoms with van der Waals surface area (Å²) >= 11 is 7.17. The lowest BCUT2D eigenvalue weighted by Gasteiger charge is -2.20. The fraction of sp³-hybridized carbons (Fsp3) is 0.700. The van der Waals surface area contributed by atoms with E-state index in [0.29, 0.717) is 10.3 Å². The minimum absolute atomic E-state index is 0.536. The molecule has 78 valence electrons. The summed E-state index contributed by atoms with van der Waals surface area (Å²) in [6.45, 7) is 0.809. The van der Waals surface area contributed by atoms with Crippen LogP contribution in [-0.4, -0.2) is 11.6 Å². The van der Waals surface area contributed by atoms with Crippen LogP contribution in [0.1, 0.15) is 32.1 Å². The lowest BCUT2D eigenvalue weighted by molar-refractivity contribution is 0.208. The summed E-state index contributed by atoms with van der Waals surface area (Å²) in [5.74, 6) is 0.728. The van der Waals surface area contributed by atoms with Crippen LogP contribution in [0.3, 0.4) is 0 Å². The molecule has 0 N–H and O–H groups in total. The molecule has 0 radical (unpaired) electrons. The summed E-state index contributed by atoms with van der Waals surface area (Å²) in [7, 11) is 0. The predicted octanol–water partition coefficient (Wildman–Crippen LogP) is 3.76. The first-order valence-electron chi connectivity index (χ1n) is 5.08. The van der Waals surface area contributed by atoms with Gasteiger partial charge in [-0.3, -0.25) is 0 Å². The van der Waals surface area contributed by atoms with Crippen molar-refractivity contribution in [2.24, 2.45) is 5.92 Å². The van der Waals surface area contributed by atoms with E-state index in [1.807, 2.05) is 0 Å². The molecule has 1 heterocycles. The first kappa shape index (κ1) is 10.2. The molecule has 0 aromatic carbocycles. The first-order valence-corrected chi connectivity index (χ1v) is 6.34. The van der Waals surface area contributed by atoms with Crippen LogP contribution in [0.4, 0.5) is 0 Å². The molecule has 0 spiro atoms. The molecule has 0 bridgehead atoms. The minimum atomic E-state index is 0.536. The van der Waals surface area contributed by atoms with Crippen molar-refractivity contribution in [1.29, 1.82) is 0 Å². The van der Waals surface area contributed by atoms with Gasteiger partial charge in [-0.25, -0.2) is 0 Å².